The lowest BCUT2D eigenvalue weighted by Crippen LogP contribution is -2.50. The normalized spacial score (nSPS) is 24.7. The summed E-state index contributed by atoms with van der Waals surface area (Å²) in [6, 6.07) is 7.45. The van der Waals surface area contributed by atoms with Crippen molar-refractivity contribution in [1.82, 2.24) is 24.3 Å². The number of aromatic nitrogens is 3. The van der Waals surface area contributed by atoms with Crippen molar-refractivity contribution in [1.29, 1.82) is 0 Å². The first-order valence-electron chi connectivity index (χ1n) is 14.3. The van der Waals surface area contributed by atoms with Gasteiger partial charge in [-0.25, -0.2) is 32.0 Å². The minimum absolute atomic E-state index is 0.0583. The Morgan fingerprint density at radius 1 is 1.14 bits per heavy atom. The van der Waals surface area contributed by atoms with E-state index in [9.17, 15) is 17.6 Å². The smallest absolute Gasteiger partial charge is 0.279 e. The van der Waals surface area contributed by atoms with E-state index in [0.29, 0.717) is 35.4 Å². The number of hydrogen-bond acceptors (Lipinski definition) is 7. The highest BCUT2D eigenvalue weighted by molar-refractivity contribution is 7.89. The van der Waals surface area contributed by atoms with Gasteiger partial charge in [0.15, 0.2) is 10.8 Å². The van der Waals surface area contributed by atoms with Gasteiger partial charge in [0, 0.05) is 51.1 Å². The highest BCUT2D eigenvalue weighted by Crippen LogP contribution is 2.56. The van der Waals surface area contributed by atoms with Gasteiger partial charge in [-0.1, -0.05) is 12.5 Å². The fraction of sp³-hybridized carbons (Fsp3) is 0.387. The van der Waals surface area contributed by atoms with Crippen molar-refractivity contribution < 1.29 is 26.4 Å². The second-order valence-electron chi connectivity index (χ2n) is 11.8. The number of benzene rings is 1. The number of carbonyl (C=O) groups is 1. The molecule has 1 unspecified atom stereocenters. The highest BCUT2D eigenvalue weighted by atomic mass is 32.2. The number of carbonyl (C=O) groups excluding carboxylic acids is 1. The second-order valence-corrected chi connectivity index (χ2v) is 13.7. The Balaban J connectivity index is 1.52. The third kappa shape index (κ3) is 4.68. The van der Waals surface area contributed by atoms with Crippen molar-refractivity contribution in [3.8, 4) is 0 Å². The third-order valence-corrected chi connectivity index (χ3v) is 11.1. The van der Waals surface area contributed by atoms with Gasteiger partial charge in [-0.3, -0.25) is 14.8 Å². The Labute approximate surface area is 254 Å². The molecule has 232 valence electrons. The van der Waals surface area contributed by atoms with Crippen LogP contribution in [0.1, 0.15) is 48.7 Å². The number of rotatable bonds is 6. The summed E-state index contributed by atoms with van der Waals surface area (Å²) in [5.74, 6) is -5.56. The zero-order valence-corrected chi connectivity index (χ0v) is 25.6. The lowest BCUT2D eigenvalue weighted by atomic mass is 9.59. The minimum Gasteiger partial charge on any atom is -0.339 e. The number of halogens is 3. The highest BCUT2D eigenvalue weighted by Gasteiger charge is 2.55. The molecule has 6 rings (SSSR count). The molecule has 0 saturated heterocycles. The van der Waals surface area contributed by atoms with Crippen LogP contribution in [0.4, 0.5) is 18.9 Å². The number of pyridine rings is 1. The van der Waals surface area contributed by atoms with Crippen LogP contribution in [0, 0.1) is 17.2 Å². The maximum Gasteiger partial charge on any atom is 0.279 e. The summed E-state index contributed by atoms with van der Waals surface area (Å²) in [4.78, 5) is 22.8. The molecular formula is C31H33F3N6O3S. The molecule has 44 heavy (non-hydrogen) atoms. The Morgan fingerprint density at radius 3 is 2.52 bits per heavy atom. The van der Waals surface area contributed by atoms with Gasteiger partial charge in [0.25, 0.3) is 15.9 Å². The number of ketones is 1. The van der Waals surface area contributed by atoms with Crippen LogP contribution in [0.3, 0.4) is 0 Å². The molecule has 1 N–H and O–H groups in total. The van der Waals surface area contributed by atoms with Crippen LogP contribution in [0.25, 0.3) is 0 Å². The van der Waals surface area contributed by atoms with Crippen LogP contribution < -0.4 is 10.4 Å². The number of imidazole rings is 1. The van der Waals surface area contributed by atoms with Crippen LogP contribution in [0.2, 0.25) is 0 Å². The van der Waals surface area contributed by atoms with Gasteiger partial charge >= 0.3 is 0 Å². The zero-order chi connectivity index (χ0) is 31.6. The number of hydrogen-bond donors (Lipinski definition) is 1. The predicted molar refractivity (Wildman–Crippen MR) is 158 cm³/mol. The molecule has 0 amide bonds. The maximum absolute atomic E-state index is 16.2. The molecule has 2 aromatic heterocycles. The van der Waals surface area contributed by atoms with E-state index >= 15 is 8.78 Å². The fourth-order valence-electron chi connectivity index (χ4n) is 6.80. The molecule has 3 atom stereocenters. The van der Waals surface area contributed by atoms with Crippen molar-refractivity contribution in [3.63, 3.8) is 0 Å². The average molecular weight is 627 g/mol. The molecule has 1 aromatic carbocycles. The molecule has 1 spiro atoms. The van der Waals surface area contributed by atoms with E-state index in [2.05, 4.69) is 15.4 Å². The van der Waals surface area contributed by atoms with E-state index in [-0.39, 0.29) is 29.1 Å². The molecule has 3 aromatic rings. The fourth-order valence-corrected chi connectivity index (χ4v) is 8.15. The van der Waals surface area contributed by atoms with Gasteiger partial charge in [0.05, 0.1) is 23.1 Å². The number of alkyl halides is 2. The molecule has 3 aliphatic carbocycles. The Kier molecular flexibility index (Phi) is 7.33. The Morgan fingerprint density at radius 2 is 1.86 bits per heavy atom. The van der Waals surface area contributed by atoms with Crippen molar-refractivity contribution >= 4 is 21.5 Å². The standard InChI is InChI=1S/C31H33F3N6O3S/c1-19-25-16-30(29(41)26-13-21(11-12-36-26)31(19,33)34)15-24(39(4)44(42,43)28-17-38(3)18-37-28)8-5-20(30)14-27(25)40(35-2)23-9-6-22(32)7-10-23/h6-7,9-14,17-19,24,35H,5,8,15-16H2,1-4H3/t19?,24-,30+/m0/s1. The maximum atomic E-state index is 16.2. The topological polar surface area (TPSA) is 100 Å². The number of anilines is 1. The average Bonchev–Trinajstić information content (AvgIpc) is 3.47. The first-order valence-corrected chi connectivity index (χ1v) is 15.8. The summed E-state index contributed by atoms with van der Waals surface area (Å²) in [6.07, 6.45) is 6.59. The first kappa shape index (κ1) is 30.2. The number of Topliss-reactive ketones (excluding diaryl/α,β-unsaturated/α-hetero) is 1. The number of nitrogens with one attached hydrogen (secondary N) is 1. The zero-order valence-electron chi connectivity index (χ0n) is 24.8. The predicted octanol–water partition coefficient (Wildman–Crippen LogP) is 4.96. The van der Waals surface area contributed by atoms with Crippen LogP contribution in [0.15, 0.2) is 83.1 Å². The summed E-state index contributed by atoms with van der Waals surface area (Å²) < 4.78 is 76.2. The van der Waals surface area contributed by atoms with E-state index in [0.717, 1.165) is 0 Å². The molecular weight excluding hydrogens is 593 g/mol. The van der Waals surface area contributed by atoms with E-state index in [1.165, 1.54) is 65.8 Å². The van der Waals surface area contributed by atoms with Crippen molar-refractivity contribution in [2.24, 2.45) is 18.4 Å². The van der Waals surface area contributed by atoms with E-state index < -0.39 is 44.9 Å². The first-order chi connectivity index (χ1) is 20.8. The number of sulfonamides is 1. The quantitative estimate of drug-likeness (QED) is 0.386. The molecule has 0 aliphatic heterocycles. The van der Waals surface area contributed by atoms with Crippen molar-refractivity contribution in [2.45, 2.75) is 49.6 Å². The monoisotopic (exact) mass is 626 g/mol. The molecule has 9 nitrogen and oxygen atoms in total. The number of allylic oxidation sites excluding steroid dienone is 3. The summed E-state index contributed by atoms with van der Waals surface area (Å²) in [5, 5.41) is 1.51. The van der Waals surface area contributed by atoms with Crippen LogP contribution >= 0.6 is 0 Å². The molecule has 1 saturated carbocycles. The summed E-state index contributed by atoms with van der Waals surface area (Å²) in [7, 11) is 0.777. The van der Waals surface area contributed by atoms with Crippen LogP contribution in [-0.2, 0) is 23.0 Å². The van der Waals surface area contributed by atoms with Crippen molar-refractivity contribution in [3.05, 3.63) is 95.1 Å². The molecule has 3 aliphatic rings. The van der Waals surface area contributed by atoms with Gasteiger partial charge in [-0.2, -0.15) is 4.31 Å². The Hall–Kier alpha value is -3.81. The number of nitrogens with zero attached hydrogens (tertiary/aromatic N) is 5. The van der Waals surface area contributed by atoms with Gasteiger partial charge in [0.2, 0.25) is 0 Å². The van der Waals surface area contributed by atoms with Gasteiger partial charge in [-0.05, 0) is 73.7 Å². The molecule has 4 bridgehead atoms. The van der Waals surface area contributed by atoms with Crippen LogP contribution in [0.5, 0.6) is 0 Å². The number of hydrazine groups is 1. The van der Waals surface area contributed by atoms with Gasteiger partial charge < -0.3 is 4.57 Å². The summed E-state index contributed by atoms with van der Waals surface area (Å²) >= 11 is 0. The number of fused-ring (bicyclic) bond motifs is 3. The molecule has 1 fully saturated rings. The number of aryl methyl sites for hydroxylation is 1. The van der Waals surface area contributed by atoms with Gasteiger partial charge in [-0.15, -0.1) is 0 Å². The van der Waals surface area contributed by atoms with E-state index in [1.54, 1.807) is 37.3 Å². The van der Waals surface area contributed by atoms with Crippen molar-refractivity contribution in [2.75, 3.05) is 19.1 Å². The Bertz CT molecular complexity index is 1800. The molecule has 13 heteroatoms. The van der Waals surface area contributed by atoms with E-state index in [1.807, 2.05) is 0 Å². The summed E-state index contributed by atoms with van der Waals surface area (Å²) in [5.41, 5.74) is 3.36. The lowest BCUT2D eigenvalue weighted by Gasteiger charge is -2.48. The minimum atomic E-state index is -4.00. The third-order valence-electron chi connectivity index (χ3n) is 9.34. The SMILES string of the molecule is CNN(C1=C2C[C@@]3(C[C@@H](N(C)S(=O)(=O)c4cn(C)cn4)CCC3=C1)C(=O)c1cc(ccn1)C(F)(F)C2C)c1ccc(F)cc1. The van der Waals surface area contributed by atoms with Gasteiger partial charge in [0.1, 0.15) is 11.5 Å². The lowest BCUT2D eigenvalue weighted by molar-refractivity contribution is -0.0472. The van der Waals surface area contributed by atoms with E-state index in [4.69, 9.17) is 0 Å². The largest absolute Gasteiger partial charge is 0.339 e. The summed E-state index contributed by atoms with van der Waals surface area (Å²) in [6.45, 7) is 1.44. The molecule has 0 radical (unpaired) electrons. The molecule has 2 heterocycles. The van der Waals surface area contributed by atoms with Crippen LogP contribution in [-0.4, -0.2) is 53.2 Å². The second kappa shape index (κ2) is 10.7.